The molecule has 0 aromatic heterocycles. The SMILES string of the molecule is CN(OCC(=O)O)C(=O)C1CC(NC(=O)OCC2c3ccccc3-c3ccccc32)C1. The lowest BCUT2D eigenvalue weighted by Crippen LogP contribution is -2.50. The number of hydrogen-bond acceptors (Lipinski definition) is 5. The number of ether oxygens (including phenoxy) is 1. The van der Waals surface area contributed by atoms with E-state index < -0.39 is 18.7 Å². The highest BCUT2D eigenvalue weighted by atomic mass is 16.7. The van der Waals surface area contributed by atoms with E-state index >= 15 is 0 Å². The van der Waals surface area contributed by atoms with Crippen molar-refractivity contribution in [1.29, 1.82) is 0 Å². The summed E-state index contributed by atoms with van der Waals surface area (Å²) in [6.07, 6.45) is 0.418. The molecule has 8 nitrogen and oxygen atoms in total. The number of amides is 2. The molecule has 0 heterocycles. The Morgan fingerprint density at radius 2 is 1.61 bits per heavy atom. The van der Waals surface area contributed by atoms with Gasteiger partial charge >= 0.3 is 12.1 Å². The predicted octanol–water partition coefficient (Wildman–Crippen LogP) is 2.78. The standard InChI is InChI=1S/C23H24N2O6/c1-25(31-13-21(26)27)22(28)14-10-15(11-14)24-23(29)30-12-20-18-8-4-2-6-16(18)17-7-3-5-9-19(17)20/h2-9,14-15,20H,10-13H2,1H3,(H,24,29)(H,26,27). The average molecular weight is 424 g/mol. The minimum absolute atomic E-state index is 0.00565. The van der Waals surface area contributed by atoms with Crippen LogP contribution in [0, 0.1) is 5.92 Å². The number of hydroxylamine groups is 2. The molecule has 0 atom stereocenters. The minimum Gasteiger partial charge on any atom is -0.479 e. The highest BCUT2D eigenvalue weighted by Crippen LogP contribution is 2.44. The van der Waals surface area contributed by atoms with Crippen molar-refractivity contribution >= 4 is 18.0 Å². The molecule has 2 N–H and O–H groups in total. The normalized spacial score (nSPS) is 19.0. The van der Waals surface area contributed by atoms with Gasteiger partial charge in [0.25, 0.3) is 0 Å². The molecule has 1 fully saturated rings. The molecule has 2 aromatic carbocycles. The van der Waals surface area contributed by atoms with Gasteiger partial charge in [0.15, 0.2) is 6.61 Å². The van der Waals surface area contributed by atoms with Gasteiger partial charge in [0, 0.05) is 24.9 Å². The van der Waals surface area contributed by atoms with Crippen molar-refractivity contribution in [3.63, 3.8) is 0 Å². The number of aliphatic carboxylic acids is 1. The van der Waals surface area contributed by atoms with Crippen LogP contribution in [0.3, 0.4) is 0 Å². The van der Waals surface area contributed by atoms with Crippen LogP contribution in [-0.2, 0) is 19.2 Å². The smallest absolute Gasteiger partial charge is 0.407 e. The molecule has 0 saturated heterocycles. The quantitative estimate of drug-likeness (QED) is 0.663. The van der Waals surface area contributed by atoms with Crippen molar-refractivity contribution in [2.24, 2.45) is 5.92 Å². The van der Waals surface area contributed by atoms with E-state index in [0.717, 1.165) is 16.2 Å². The van der Waals surface area contributed by atoms with Crippen LogP contribution in [0.4, 0.5) is 4.79 Å². The molecule has 4 rings (SSSR count). The summed E-state index contributed by atoms with van der Waals surface area (Å²) in [5.41, 5.74) is 4.63. The van der Waals surface area contributed by atoms with Crippen molar-refractivity contribution in [2.45, 2.75) is 24.8 Å². The van der Waals surface area contributed by atoms with Gasteiger partial charge in [-0.05, 0) is 35.1 Å². The number of carboxylic acids is 1. The summed E-state index contributed by atoms with van der Waals surface area (Å²) in [6.45, 7) is -0.336. The molecule has 0 radical (unpaired) electrons. The monoisotopic (exact) mass is 424 g/mol. The zero-order chi connectivity index (χ0) is 22.0. The van der Waals surface area contributed by atoms with Gasteiger partial charge in [-0.25, -0.2) is 14.7 Å². The Bertz CT molecular complexity index is 956. The number of alkyl carbamates (subject to hydrolysis) is 1. The Kier molecular flexibility index (Phi) is 5.90. The van der Waals surface area contributed by atoms with E-state index in [1.165, 1.54) is 18.2 Å². The van der Waals surface area contributed by atoms with Gasteiger partial charge < -0.3 is 15.2 Å². The first kappa shape index (κ1) is 20.9. The third-order valence-corrected chi connectivity index (χ3v) is 5.84. The molecule has 8 heteroatoms. The predicted molar refractivity (Wildman–Crippen MR) is 111 cm³/mol. The molecule has 2 amide bonds. The topological polar surface area (TPSA) is 105 Å². The van der Waals surface area contributed by atoms with Crippen molar-refractivity contribution in [3.05, 3.63) is 59.7 Å². The van der Waals surface area contributed by atoms with Crippen LogP contribution in [0.15, 0.2) is 48.5 Å². The highest BCUT2D eigenvalue weighted by Gasteiger charge is 2.38. The van der Waals surface area contributed by atoms with Gasteiger partial charge in [-0.1, -0.05) is 48.5 Å². The fraction of sp³-hybridized carbons (Fsp3) is 0.348. The van der Waals surface area contributed by atoms with E-state index in [-0.39, 0.29) is 30.4 Å². The molecule has 0 unspecified atom stereocenters. The van der Waals surface area contributed by atoms with E-state index in [2.05, 4.69) is 29.6 Å². The maximum atomic E-state index is 12.3. The molecule has 2 aromatic rings. The van der Waals surface area contributed by atoms with Gasteiger partial charge in [-0.3, -0.25) is 9.63 Å². The van der Waals surface area contributed by atoms with Crippen LogP contribution in [0.25, 0.3) is 11.1 Å². The van der Waals surface area contributed by atoms with E-state index in [4.69, 9.17) is 14.7 Å². The number of fused-ring (bicyclic) bond motifs is 3. The van der Waals surface area contributed by atoms with Crippen LogP contribution in [0.1, 0.15) is 29.9 Å². The Hall–Kier alpha value is -3.39. The molecule has 0 aliphatic heterocycles. The number of hydrogen-bond donors (Lipinski definition) is 2. The van der Waals surface area contributed by atoms with Crippen LogP contribution >= 0.6 is 0 Å². The molecular weight excluding hydrogens is 400 g/mol. The van der Waals surface area contributed by atoms with E-state index in [1.807, 2.05) is 24.3 Å². The van der Waals surface area contributed by atoms with E-state index in [1.54, 1.807) is 0 Å². The molecule has 0 bridgehead atoms. The van der Waals surface area contributed by atoms with E-state index in [9.17, 15) is 14.4 Å². The van der Waals surface area contributed by atoms with Gasteiger partial charge in [-0.15, -0.1) is 0 Å². The second-order valence-electron chi connectivity index (χ2n) is 7.84. The lowest BCUT2D eigenvalue weighted by Gasteiger charge is -2.36. The largest absolute Gasteiger partial charge is 0.479 e. The molecule has 31 heavy (non-hydrogen) atoms. The van der Waals surface area contributed by atoms with Crippen LogP contribution in [0.5, 0.6) is 0 Å². The number of nitrogens with one attached hydrogen (secondary N) is 1. The lowest BCUT2D eigenvalue weighted by atomic mass is 9.79. The van der Waals surface area contributed by atoms with Crippen LogP contribution in [0.2, 0.25) is 0 Å². The zero-order valence-electron chi connectivity index (χ0n) is 17.1. The van der Waals surface area contributed by atoms with Crippen LogP contribution < -0.4 is 5.32 Å². The first-order valence-electron chi connectivity index (χ1n) is 10.2. The summed E-state index contributed by atoms with van der Waals surface area (Å²) < 4.78 is 5.52. The number of carbonyl (C=O) groups is 3. The number of carbonyl (C=O) groups excluding carboxylic acids is 2. The third kappa shape index (κ3) is 4.39. The fourth-order valence-electron chi connectivity index (χ4n) is 4.22. The summed E-state index contributed by atoms with van der Waals surface area (Å²) in [7, 11) is 1.39. The summed E-state index contributed by atoms with van der Waals surface area (Å²) >= 11 is 0. The van der Waals surface area contributed by atoms with Gasteiger partial charge in [0.2, 0.25) is 5.91 Å². The van der Waals surface area contributed by atoms with Crippen LogP contribution in [-0.4, -0.2) is 54.4 Å². The summed E-state index contributed by atoms with van der Waals surface area (Å²) in [6, 6.07) is 16.1. The Labute approximate surface area is 179 Å². The second kappa shape index (κ2) is 8.77. The maximum absolute atomic E-state index is 12.3. The Morgan fingerprint density at radius 3 is 2.19 bits per heavy atom. The first-order valence-corrected chi connectivity index (χ1v) is 10.2. The Morgan fingerprint density at radius 1 is 1.03 bits per heavy atom. The summed E-state index contributed by atoms with van der Waals surface area (Å²) in [5, 5.41) is 12.4. The van der Waals surface area contributed by atoms with Gasteiger partial charge in [0.05, 0.1) is 0 Å². The zero-order valence-corrected chi connectivity index (χ0v) is 17.1. The molecule has 0 spiro atoms. The number of rotatable bonds is 7. The molecule has 1 saturated carbocycles. The molecular formula is C23H24N2O6. The number of carboxylic acid groups (broad SMARTS) is 1. The Balaban J connectivity index is 1.26. The maximum Gasteiger partial charge on any atom is 0.407 e. The lowest BCUT2D eigenvalue weighted by molar-refractivity contribution is -0.191. The molecule has 162 valence electrons. The second-order valence-corrected chi connectivity index (χ2v) is 7.84. The van der Waals surface area contributed by atoms with E-state index in [0.29, 0.717) is 12.8 Å². The van der Waals surface area contributed by atoms with Crippen molar-refractivity contribution < 1.29 is 29.1 Å². The molecule has 2 aliphatic carbocycles. The first-order chi connectivity index (χ1) is 14.9. The number of benzene rings is 2. The fourth-order valence-corrected chi connectivity index (χ4v) is 4.22. The van der Waals surface area contributed by atoms with Crippen molar-refractivity contribution in [3.8, 4) is 11.1 Å². The van der Waals surface area contributed by atoms with Gasteiger partial charge in [-0.2, -0.15) is 0 Å². The minimum atomic E-state index is -1.15. The van der Waals surface area contributed by atoms with Crippen molar-refractivity contribution in [2.75, 3.05) is 20.3 Å². The number of nitrogens with zero attached hydrogens (tertiary/aromatic N) is 1. The summed E-state index contributed by atoms with van der Waals surface area (Å²) in [4.78, 5) is 39.8. The highest BCUT2D eigenvalue weighted by molar-refractivity contribution is 5.80. The third-order valence-electron chi connectivity index (χ3n) is 5.84. The average Bonchev–Trinajstić information content (AvgIpc) is 3.06. The summed E-state index contributed by atoms with van der Waals surface area (Å²) in [5.74, 6) is -1.76. The molecule has 2 aliphatic rings. The van der Waals surface area contributed by atoms with Crippen molar-refractivity contribution in [1.82, 2.24) is 10.4 Å². The van der Waals surface area contributed by atoms with Gasteiger partial charge in [0.1, 0.15) is 6.61 Å².